The van der Waals surface area contributed by atoms with E-state index in [4.69, 9.17) is 10.00 Å². The summed E-state index contributed by atoms with van der Waals surface area (Å²) in [6, 6.07) is 12.0. The molecule has 0 unspecified atom stereocenters. The Morgan fingerprint density at radius 3 is 2.42 bits per heavy atom. The lowest BCUT2D eigenvalue weighted by Gasteiger charge is -2.08. The van der Waals surface area contributed by atoms with Gasteiger partial charge in [0, 0.05) is 23.4 Å². The van der Waals surface area contributed by atoms with Gasteiger partial charge < -0.3 is 10.1 Å². The van der Waals surface area contributed by atoms with Gasteiger partial charge in [-0.2, -0.15) is 5.26 Å². The number of rotatable bonds is 6. The molecular formula is C18H15N3O5. The third kappa shape index (κ3) is 4.64. The van der Waals surface area contributed by atoms with E-state index in [1.54, 1.807) is 31.2 Å². The number of hydrogen-bond acceptors (Lipinski definition) is 6. The van der Waals surface area contributed by atoms with E-state index in [0.717, 1.165) is 17.7 Å². The van der Waals surface area contributed by atoms with Gasteiger partial charge in [-0.1, -0.05) is 12.1 Å². The van der Waals surface area contributed by atoms with Crippen molar-refractivity contribution in [3.05, 3.63) is 69.3 Å². The van der Waals surface area contributed by atoms with Crippen LogP contribution in [0.1, 0.15) is 33.2 Å². The number of nitro benzene ring substituents is 1. The average molecular weight is 353 g/mol. The molecule has 0 aliphatic heterocycles. The van der Waals surface area contributed by atoms with Gasteiger partial charge in [-0.05, 0) is 30.7 Å². The van der Waals surface area contributed by atoms with E-state index >= 15 is 0 Å². The number of carbonyl (C=O) groups excluding carboxylic acids is 2. The fourth-order valence-corrected chi connectivity index (χ4v) is 2.18. The van der Waals surface area contributed by atoms with Crippen LogP contribution in [0.15, 0.2) is 42.5 Å². The number of carbonyl (C=O) groups is 2. The number of benzene rings is 2. The fourth-order valence-electron chi connectivity index (χ4n) is 2.18. The van der Waals surface area contributed by atoms with Crippen molar-refractivity contribution in [2.75, 3.05) is 11.9 Å². The molecule has 8 nitrogen and oxygen atoms in total. The van der Waals surface area contributed by atoms with Crippen molar-refractivity contribution in [1.82, 2.24) is 0 Å². The number of ether oxygens (including phenoxy) is 1. The first-order valence-electron chi connectivity index (χ1n) is 7.68. The summed E-state index contributed by atoms with van der Waals surface area (Å²) in [7, 11) is 0. The molecule has 0 heterocycles. The summed E-state index contributed by atoms with van der Waals surface area (Å²) in [6.07, 6.45) is 0.252. The highest BCUT2D eigenvalue weighted by molar-refractivity contribution is 6.06. The molecule has 0 spiro atoms. The largest absolute Gasteiger partial charge is 0.462 e. The molecule has 0 aromatic heterocycles. The first kappa shape index (κ1) is 18.6. The third-order valence-electron chi connectivity index (χ3n) is 3.40. The summed E-state index contributed by atoms with van der Waals surface area (Å²) < 4.78 is 4.83. The van der Waals surface area contributed by atoms with E-state index in [1.807, 2.05) is 6.07 Å². The maximum Gasteiger partial charge on any atom is 0.338 e. The van der Waals surface area contributed by atoms with Crippen LogP contribution < -0.4 is 5.32 Å². The van der Waals surface area contributed by atoms with Gasteiger partial charge in [0.05, 0.1) is 29.6 Å². The summed E-state index contributed by atoms with van der Waals surface area (Å²) in [6.45, 7) is 1.72. The Morgan fingerprint density at radius 2 is 1.85 bits per heavy atom. The van der Waals surface area contributed by atoms with Gasteiger partial charge in [-0.15, -0.1) is 0 Å². The van der Waals surface area contributed by atoms with Gasteiger partial charge in [0.25, 0.3) is 11.6 Å². The molecule has 2 aromatic rings. The van der Waals surface area contributed by atoms with E-state index in [-0.39, 0.29) is 29.8 Å². The van der Waals surface area contributed by atoms with Crippen LogP contribution in [0, 0.1) is 21.4 Å². The first-order valence-corrected chi connectivity index (χ1v) is 7.68. The van der Waals surface area contributed by atoms with Gasteiger partial charge in [0.15, 0.2) is 0 Å². The fraction of sp³-hybridized carbons (Fsp3) is 0.167. The Bertz CT molecular complexity index is 885. The normalized spacial score (nSPS) is 9.85. The minimum Gasteiger partial charge on any atom is -0.462 e. The molecule has 0 aliphatic rings. The maximum atomic E-state index is 12.4. The number of esters is 1. The molecule has 0 aliphatic carbocycles. The molecule has 8 heteroatoms. The molecule has 132 valence electrons. The third-order valence-corrected chi connectivity index (χ3v) is 3.40. The summed E-state index contributed by atoms with van der Waals surface area (Å²) >= 11 is 0. The van der Waals surface area contributed by atoms with Crippen molar-refractivity contribution >= 4 is 23.3 Å². The van der Waals surface area contributed by atoms with Crippen LogP contribution in [0.25, 0.3) is 0 Å². The number of anilines is 1. The zero-order valence-electron chi connectivity index (χ0n) is 13.9. The second-order valence-electron chi connectivity index (χ2n) is 5.23. The van der Waals surface area contributed by atoms with Gasteiger partial charge >= 0.3 is 5.97 Å². The Kier molecular flexibility index (Phi) is 6.01. The van der Waals surface area contributed by atoms with Gasteiger partial charge in [0.1, 0.15) is 0 Å². The number of nitrogens with zero attached hydrogens (tertiary/aromatic N) is 2. The summed E-state index contributed by atoms with van der Waals surface area (Å²) in [5, 5.41) is 22.3. The van der Waals surface area contributed by atoms with E-state index in [9.17, 15) is 19.7 Å². The van der Waals surface area contributed by atoms with Crippen LogP contribution in [0.3, 0.4) is 0 Å². The van der Waals surface area contributed by atoms with Crippen molar-refractivity contribution in [2.45, 2.75) is 13.3 Å². The van der Waals surface area contributed by atoms with Crippen LogP contribution >= 0.6 is 0 Å². The van der Waals surface area contributed by atoms with Gasteiger partial charge in [-0.3, -0.25) is 14.9 Å². The number of nitro groups is 1. The molecule has 0 saturated carbocycles. The molecule has 2 rings (SSSR count). The molecule has 0 saturated heterocycles. The number of amides is 1. The lowest BCUT2D eigenvalue weighted by Crippen LogP contribution is -2.14. The average Bonchev–Trinajstić information content (AvgIpc) is 2.63. The van der Waals surface area contributed by atoms with Crippen LogP contribution in [0.2, 0.25) is 0 Å². The molecule has 2 aromatic carbocycles. The van der Waals surface area contributed by atoms with E-state index < -0.39 is 16.8 Å². The molecule has 0 radical (unpaired) electrons. The predicted molar refractivity (Wildman–Crippen MR) is 92.8 cm³/mol. The van der Waals surface area contributed by atoms with E-state index in [0.29, 0.717) is 5.69 Å². The Labute approximate surface area is 149 Å². The predicted octanol–water partition coefficient (Wildman–Crippen LogP) is 3.09. The summed E-state index contributed by atoms with van der Waals surface area (Å²) in [5.41, 5.74) is 0.760. The Balaban J connectivity index is 2.28. The smallest absolute Gasteiger partial charge is 0.338 e. The van der Waals surface area contributed by atoms with Crippen LogP contribution in [-0.4, -0.2) is 23.4 Å². The van der Waals surface area contributed by atoms with Gasteiger partial charge in [0.2, 0.25) is 0 Å². The molecule has 0 bridgehead atoms. The zero-order chi connectivity index (χ0) is 19.1. The van der Waals surface area contributed by atoms with Gasteiger partial charge in [-0.25, -0.2) is 4.79 Å². The molecule has 1 N–H and O–H groups in total. The monoisotopic (exact) mass is 353 g/mol. The van der Waals surface area contributed by atoms with Crippen LogP contribution in [0.5, 0.6) is 0 Å². The minimum absolute atomic E-state index is 0.0386. The lowest BCUT2D eigenvalue weighted by molar-refractivity contribution is -0.384. The standard InChI is InChI=1S/C18H15N3O5/c1-2-26-18(23)14-9-13(10-16(11-14)21(24)25)17(22)20-15-5-3-12(4-6-15)7-8-19/h3-6,9-11H,2,7H2,1H3,(H,20,22). The molecule has 0 atom stereocenters. The summed E-state index contributed by atoms with van der Waals surface area (Å²) in [4.78, 5) is 34.6. The van der Waals surface area contributed by atoms with E-state index in [2.05, 4.69) is 5.32 Å². The Morgan fingerprint density at radius 1 is 1.19 bits per heavy atom. The second kappa shape index (κ2) is 8.39. The van der Waals surface area contributed by atoms with Crippen molar-refractivity contribution in [3.8, 4) is 6.07 Å². The number of nitrogens with one attached hydrogen (secondary N) is 1. The van der Waals surface area contributed by atoms with Crippen molar-refractivity contribution in [2.24, 2.45) is 0 Å². The van der Waals surface area contributed by atoms with Crippen molar-refractivity contribution in [3.63, 3.8) is 0 Å². The number of non-ortho nitro benzene ring substituents is 1. The highest BCUT2D eigenvalue weighted by Gasteiger charge is 2.18. The maximum absolute atomic E-state index is 12.4. The highest BCUT2D eigenvalue weighted by Crippen LogP contribution is 2.20. The number of nitriles is 1. The van der Waals surface area contributed by atoms with Crippen molar-refractivity contribution < 1.29 is 19.2 Å². The highest BCUT2D eigenvalue weighted by atomic mass is 16.6. The Hall–Kier alpha value is -3.73. The quantitative estimate of drug-likeness (QED) is 0.484. The van der Waals surface area contributed by atoms with E-state index in [1.165, 1.54) is 6.07 Å². The van der Waals surface area contributed by atoms with Crippen molar-refractivity contribution in [1.29, 1.82) is 5.26 Å². The second-order valence-corrected chi connectivity index (χ2v) is 5.23. The molecule has 26 heavy (non-hydrogen) atoms. The zero-order valence-corrected chi connectivity index (χ0v) is 13.9. The minimum atomic E-state index is -0.744. The summed E-state index contributed by atoms with van der Waals surface area (Å²) in [5.74, 6) is -1.35. The molecular weight excluding hydrogens is 338 g/mol. The SMILES string of the molecule is CCOC(=O)c1cc(C(=O)Nc2ccc(CC#N)cc2)cc([N+](=O)[O-])c1. The van der Waals surface area contributed by atoms with Crippen LogP contribution in [-0.2, 0) is 11.2 Å². The van der Waals surface area contributed by atoms with Crippen LogP contribution in [0.4, 0.5) is 11.4 Å². The first-order chi connectivity index (χ1) is 12.4. The topological polar surface area (TPSA) is 122 Å². The molecule has 0 fully saturated rings. The number of hydrogen-bond donors (Lipinski definition) is 1. The molecule has 1 amide bonds. The lowest BCUT2D eigenvalue weighted by atomic mass is 10.1.